The Morgan fingerprint density at radius 2 is 1.93 bits per heavy atom. The zero-order chi connectivity index (χ0) is 19.8. The lowest BCUT2D eigenvalue weighted by molar-refractivity contribution is 0.0696. The fourth-order valence-corrected chi connectivity index (χ4v) is 3.28. The van der Waals surface area contributed by atoms with Gasteiger partial charge in [0.1, 0.15) is 0 Å². The summed E-state index contributed by atoms with van der Waals surface area (Å²) in [6.45, 7) is 0.166. The van der Waals surface area contributed by atoms with E-state index in [4.69, 9.17) is 11.6 Å². The number of hydrogen-bond donors (Lipinski definition) is 1. The van der Waals surface area contributed by atoms with E-state index in [9.17, 15) is 19.1 Å². The van der Waals surface area contributed by atoms with Gasteiger partial charge in [-0.05, 0) is 48.0 Å². The summed E-state index contributed by atoms with van der Waals surface area (Å²) in [5, 5.41) is 9.63. The molecule has 140 valence electrons. The average Bonchev–Trinajstić information content (AvgIpc) is 2.94. The number of pyridine rings is 1. The summed E-state index contributed by atoms with van der Waals surface area (Å²) in [6, 6.07) is 14.0. The molecule has 2 aromatic carbocycles. The molecule has 0 aliphatic carbocycles. The molecule has 0 spiro atoms. The molecule has 0 fully saturated rings. The van der Waals surface area contributed by atoms with Crippen LogP contribution in [0.5, 0.6) is 0 Å². The summed E-state index contributed by atoms with van der Waals surface area (Å²) in [7, 11) is 0. The fraction of sp³-hybridized carbons (Fsp3) is 0.0500. The van der Waals surface area contributed by atoms with Crippen molar-refractivity contribution in [1.29, 1.82) is 0 Å². The molecule has 0 bridgehead atoms. The first-order chi connectivity index (χ1) is 13.4. The van der Waals surface area contributed by atoms with Crippen LogP contribution in [0.2, 0.25) is 5.02 Å². The predicted molar refractivity (Wildman–Crippen MR) is 103 cm³/mol. The SMILES string of the molecule is O=C(O)c1cccc(Cn2c(=O)n(-c3ccc(F)nc3)c3cc(Cl)ccc32)c1. The monoisotopic (exact) mass is 397 g/mol. The standard InChI is InChI=1S/C20H13ClFN3O3/c21-14-4-6-16-17(9-14)25(15-5-7-18(22)23-10-15)20(28)24(16)11-12-2-1-3-13(8-12)19(26)27/h1-10H,11H2,(H,26,27). The molecule has 0 radical (unpaired) electrons. The number of imidazole rings is 1. The lowest BCUT2D eigenvalue weighted by Crippen LogP contribution is -2.24. The van der Waals surface area contributed by atoms with E-state index in [2.05, 4.69) is 4.98 Å². The second kappa shape index (κ2) is 6.94. The van der Waals surface area contributed by atoms with Crippen LogP contribution in [0.25, 0.3) is 16.7 Å². The number of halogens is 2. The Kier molecular flexibility index (Phi) is 4.44. The van der Waals surface area contributed by atoms with Gasteiger partial charge in [0.2, 0.25) is 5.95 Å². The molecule has 0 amide bonds. The molecule has 0 saturated carbocycles. The molecule has 8 heteroatoms. The van der Waals surface area contributed by atoms with Crippen molar-refractivity contribution >= 4 is 28.6 Å². The van der Waals surface area contributed by atoms with Gasteiger partial charge in [-0.15, -0.1) is 0 Å². The van der Waals surface area contributed by atoms with Gasteiger partial charge in [-0.25, -0.2) is 14.6 Å². The fourth-order valence-electron chi connectivity index (χ4n) is 3.12. The minimum atomic E-state index is -1.04. The first kappa shape index (κ1) is 17.9. The van der Waals surface area contributed by atoms with Crippen molar-refractivity contribution < 1.29 is 14.3 Å². The van der Waals surface area contributed by atoms with Gasteiger partial charge in [0.25, 0.3) is 0 Å². The van der Waals surface area contributed by atoms with Crippen molar-refractivity contribution in [1.82, 2.24) is 14.1 Å². The van der Waals surface area contributed by atoms with Crippen LogP contribution in [0.15, 0.2) is 65.6 Å². The van der Waals surface area contributed by atoms with Crippen molar-refractivity contribution in [3.8, 4) is 5.69 Å². The average molecular weight is 398 g/mol. The smallest absolute Gasteiger partial charge is 0.335 e. The molecule has 0 saturated heterocycles. The van der Waals surface area contributed by atoms with Crippen molar-refractivity contribution in [3.63, 3.8) is 0 Å². The Bertz CT molecular complexity index is 1260. The van der Waals surface area contributed by atoms with E-state index in [0.29, 0.717) is 27.3 Å². The summed E-state index contributed by atoms with van der Waals surface area (Å²) < 4.78 is 16.1. The van der Waals surface area contributed by atoms with Gasteiger partial charge >= 0.3 is 11.7 Å². The van der Waals surface area contributed by atoms with Gasteiger partial charge in [0, 0.05) is 5.02 Å². The molecule has 6 nitrogen and oxygen atoms in total. The van der Waals surface area contributed by atoms with Crippen molar-refractivity contribution in [3.05, 3.63) is 93.4 Å². The second-order valence-corrected chi connectivity index (χ2v) is 6.62. The zero-order valence-corrected chi connectivity index (χ0v) is 15.1. The highest BCUT2D eigenvalue weighted by Crippen LogP contribution is 2.22. The van der Waals surface area contributed by atoms with Crippen molar-refractivity contribution in [2.45, 2.75) is 6.54 Å². The van der Waals surface area contributed by atoms with Gasteiger partial charge in [-0.3, -0.25) is 9.13 Å². The lowest BCUT2D eigenvalue weighted by atomic mass is 10.1. The molecule has 4 rings (SSSR count). The highest BCUT2D eigenvalue weighted by Gasteiger charge is 2.16. The van der Waals surface area contributed by atoms with E-state index < -0.39 is 11.9 Å². The number of rotatable bonds is 4. The maximum atomic E-state index is 13.2. The van der Waals surface area contributed by atoms with Crippen LogP contribution in [-0.4, -0.2) is 25.2 Å². The number of carboxylic acids is 1. The molecular weight excluding hydrogens is 385 g/mol. The summed E-state index contributed by atoms with van der Waals surface area (Å²) >= 11 is 6.12. The van der Waals surface area contributed by atoms with E-state index in [1.165, 1.54) is 39.6 Å². The quantitative estimate of drug-likeness (QED) is 0.532. The summed E-state index contributed by atoms with van der Waals surface area (Å²) in [6.07, 6.45) is 1.27. The Morgan fingerprint density at radius 1 is 1.11 bits per heavy atom. The molecule has 0 aliphatic rings. The number of aromatic nitrogens is 3. The van der Waals surface area contributed by atoms with Gasteiger partial charge < -0.3 is 5.11 Å². The number of carbonyl (C=O) groups is 1. The molecule has 1 N–H and O–H groups in total. The van der Waals surface area contributed by atoms with E-state index in [-0.39, 0.29) is 17.8 Å². The third kappa shape index (κ3) is 3.16. The molecule has 2 aromatic heterocycles. The number of carboxylic acid groups (broad SMARTS) is 1. The maximum Gasteiger partial charge on any atom is 0.335 e. The first-order valence-electron chi connectivity index (χ1n) is 8.29. The molecule has 0 unspecified atom stereocenters. The molecule has 2 heterocycles. The molecule has 0 aliphatic heterocycles. The highest BCUT2D eigenvalue weighted by atomic mass is 35.5. The zero-order valence-electron chi connectivity index (χ0n) is 14.3. The second-order valence-electron chi connectivity index (χ2n) is 6.18. The number of hydrogen-bond acceptors (Lipinski definition) is 3. The lowest BCUT2D eigenvalue weighted by Gasteiger charge is -2.05. The number of fused-ring (bicyclic) bond motifs is 1. The predicted octanol–water partition coefficient (Wildman–Crippen LogP) is 3.73. The molecule has 0 atom stereocenters. The maximum absolute atomic E-state index is 13.2. The van der Waals surface area contributed by atoms with Crippen molar-refractivity contribution in [2.24, 2.45) is 0 Å². The molecule has 4 aromatic rings. The third-order valence-electron chi connectivity index (χ3n) is 4.38. The Morgan fingerprint density at radius 3 is 2.64 bits per heavy atom. The summed E-state index contributed by atoms with van der Waals surface area (Å²) in [5.41, 5.74) is 1.98. The van der Waals surface area contributed by atoms with Gasteiger partial charge in [0.15, 0.2) is 0 Å². The Labute approximate surface area is 163 Å². The number of aromatic carboxylic acids is 1. The van der Waals surface area contributed by atoms with Crippen LogP contribution in [0.3, 0.4) is 0 Å². The molecular formula is C20H13ClFN3O3. The first-order valence-corrected chi connectivity index (χ1v) is 8.67. The molecule has 28 heavy (non-hydrogen) atoms. The number of nitrogens with zero attached hydrogens (tertiary/aromatic N) is 3. The Hall–Kier alpha value is -3.45. The minimum Gasteiger partial charge on any atom is -0.478 e. The minimum absolute atomic E-state index is 0.139. The van der Waals surface area contributed by atoms with Crippen LogP contribution < -0.4 is 5.69 Å². The third-order valence-corrected chi connectivity index (χ3v) is 4.61. The van der Waals surface area contributed by atoms with Crippen LogP contribution in [0, 0.1) is 5.95 Å². The van der Waals surface area contributed by atoms with Gasteiger partial charge in [-0.2, -0.15) is 4.39 Å². The Balaban J connectivity index is 1.91. The van der Waals surface area contributed by atoms with E-state index >= 15 is 0 Å². The largest absolute Gasteiger partial charge is 0.478 e. The van der Waals surface area contributed by atoms with Crippen LogP contribution in [0.1, 0.15) is 15.9 Å². The van der Waals surface area contributed by atoms with E-state index in [1.54, 1.807) is 30.3 Å². The topological polar surface area (TPSA) is 77.1 Å². The normalized spacial score (nSPS) is 11.1. The highest BCUT2D eigenvalue weighted by molar-refractivity contribution is 6.31. The van der Waals surface area contributed by atoms with Crippen molar-refractivity contribution in [2.75, 3.05) is 0 Å². The van der Waals surface area contributed by atoms with E-state index in [1.807, 2.05) is 0 Å². The van der Waals surface area contributed by atoms with E-state index in [0.717, 1.165) is 0 Å². The van der Waals surface area contributed by atoms with Crippen LogP contribution >= 0.6 is 11.6 Å². The van der Waals surface area contributed by atoms with Crippen LogP contribution in [0.4, 0.5) is 4.39 Å². The summed E-state index contributed by atoms with van der Waals surface area (Å²) in [5.74, 6) is -1.69. The summed E-state index contributed by atoms with van der Waals surface area (Å²) in [4.78, 5) is 28.0. The van der Waals surface area contributed by atoms with Gasteiger partial charge in [0.05, 0.1) is 35.0 Å². The van der Waals surface area contributed by atoms with Crippen LogP contribution in [-0.2, 0) is 6.54 Å². The number of benzene rings is 2. The van der Waals surface area contributed by atoms with Gasteiger partial charge in [-0.1, -0.05) is 23.7 Å².